The van der Waals surface area contributed by atoms with Crippen LogP contribution in [-0.4, -0.2) is 57.9 Å². The van der Waals surface area contributed by atoms with Gasteiger partial charge in [-0.15, -0.1) is 11.8 Å². The number of amides is 2. The van der Waals surface area contributed by atoms with Crippen LogP contribution in [0.4, 0.5) is 5.69 Å². The van der Waals surface area contributed by atoms with Gasteiger partial charge in [0.2, 0.25) is 21.8 Å². The van der Waals surface area contributed by atoms with E-state index in [1.807, 2.05) is 0 Å². The molecule has 2 amide bonds. The monoisotopic (exact) mass is 411 g/mol. The number of rotatable bonds is 5. The van der Waals surface area contributed by atoms with E-state index in [-0.39, 0.29) is 10.8 Å². The number of anilines is 1. The number of carboxylic acid groups (broad SMARTS) is 1. The van der Waals surface area contributed by atoms with Crippen LogP contribution in [0.3, 0.4) is 0 Å². The van der Waals surface area contributed by atoms with Gasteiger partial charge in [-0.2, -0.15) is 4.72 Å². The van der Waals surface area contributed by atoms with Gasteiger partial charge in [-0.05, 0) is 31.2 Å². The number of carbonyl (C=O) groups is 3. The molecule has 3 aliphatic rings. The topological polar surface area (TPSA) is 133 Å². The Kier molecular flexibility index (Phi) is 3.69. The van der Waals surface area contributed by atoms with Crippen molar-refractivity contribution in [2.24, 2.45) is 0 Å². The summed E-state index contributed by atoms with van der Waals surface area (Å²) in [5, 5.41) is 11.5. The fourth-order valence-corrected chi connectivity index (χ4v) is 7.05. The summed E-state index contributed by atoms with van der Waals surface area (Å²) in [7, 11) is -3.97. The summed E-state index contributed by atoms with van der Waals surface area (Å²) in [6.07, 6.45) is 0.367. The zero-order valence-electron chi connectivity index (χ0n) is 14.4. The molecule has 144 valence electrons. The van der Waals surface area contributed by atoms with Crippen LogP contribution in [0, 0.1) is 0 Å². The number of β-lactam (4-membered cyclic amide) rings is 1. The van der Waals surface area contributed by atoms with Crippen molar-refractivity contribution < 1.29 is 27.9 Å². The quantitative estimate of drug-likeness (QED) is 0.589. The van der Waals surface area contributed by atoms with Crippen LogP contribution in [0.15, 0.2) is 29.2 Å². The van der Waals surface area contributed by atoms with Crippen LogP contribution in [0.1, 0.15) is 20.3 Å². The fourth-order valence-electron chi connectivity index (χ4n) is 3.85. The molecular formula is C16H17N3O6S2. The zero-order chi connectivity index (χ0) is 19.8. The number of carbonyl (C=O) groups excluding carboxylic acids is 2. The lowest BCUT2D eigenvalue weighted by Gasteiger charge is -2.45. The van der Waals surface area contributed by atoms with Gasteiger partial charge < -0.3 is 15.3 Å². The molecule has 2 aliphatic heterocycles. The van der Waals surface area contributed by atoms with Gasteiger partial charge >= 0.3 is 5.97 Å². The largest absolute Gasteiger partial charge is 0.479 e. The maximum atomic E-state index is 12.6. The normalized spacial score (nSPS) is 33.7. The van der Waals surface area contributed by atoms with Crippen LogP contribution >= 0.6 is 11.8 Å². The first-order valence-corrected chi connectivity index (χ1v) is 10.5. The van der Waals surface area contributed by atoms with Crippen molar-refractivity contribution >= 4 is 45.3 Å². The van der Waals surface area contributed by atoms with E-state index >= 15 is 0 Å². The van der Waals surface area contributed by atoms with E-state index < -0.39 is 43.6 Å². The summed E-state index contributed by atoms with van der Waals surface area (Å²) in [5.41, 5.74) is -0.767. The summed E-state index contributed by atoms with van der Waals surface area (Å²) in [6.45, 7) is 3.12. The molecule has 0 spiro atoms. The number of carboxylic acids is 1. The van der Waals surface area contributed by atoms with Crippen molar-refractivity contribution in [3.63, 3.8) is 0 Å². The van der Waals surface area contributed by atoms with Gasteiger partial charge in [0, 0.05) is 19.0 Å². The first kappa shape index (κ1) is 18.3. The van der Waals surface area contributed by atoms with Crippen molar-refractivity contribution in [1.29, 1.82) is 0 Å². The first-order valence-electron chi connectivity index (χ1n) is 8.16. The number of thioether (sulfide) groups is 1. The van der Waals surface area contributed by atoms with Crippen LogP contribution < -0.4 is 10.0 Å². The number of nitrogens with one attached hydrogen (secondary N) is 2. The maximum absolute atomic E-state index is 12.6. The summed E-state index contributed by atoms with van der Waals surface area (Å²) < 4.78 is 27.0. The minimum atomic E-state index is -3.97. The van der Waals surface area contributed by atoms with Gasteiger partial charge in [0.1, 0.15) is 11.4 Å². The summed E-state index contributed by atoms with van der Waals surface area (Å²) in [4.78, 5) is 36.4. The van der Waals surface area contributed by atoms with E-state index in [1.54, 1.807) is 6.92 Å². The molecule has 0 radical (unpaired) electrons. The van der Waals surface area contributed by atoms with Gasteiger partial charge in [0.25, 0.3) is 0 Å². The molecule has 27 heavy (non-hydrogen) atoms. The van der Waals surface area contributed by atoms with E-state index in [2.05, 4.69) is 10.0 Å². The van der Waals surface area contributed by atoms with E-state index in [4.69, 9.17) is 0 Å². The summed E-state index contributed by atoms with van der Waals surface area (Å²) >= 11 is 1.33. The summed E-state index contributed by atoms with van der Waals surface area (Å²) in [6, 6.07) is 4.56. The molecule has 1 aromatic rings. The molecule has 11 heteroatoms. The highest BCUT2D eigenvalue weighted by atomic mass is 32.2. The molecule has 2 saturated heterocycles. The van der Waals surface area contributed by atoms with Crippen molar-refractivity contribution in [3.8, 4) is 0 Å². The van der Waals surface area contributed by atoms with Crippen LogP contribution in [0.5, 0.6) is 0 Å². The molecule has 2 heterocycles. The molecule has 3 fully saturated rings. The minimum Gasteiger partial charge on any atom is -0.479 e. The lowest BCUT2D eigenvalue weighted by molar-refractivity contribution is -0.161. The molecule has 9 nitrogen and oxygen atoms in total. The Bertz CT molecular complexity index is 978. The van der Waals surface area contributed by atoms with E-state index in [1.165, 1.54) is 47.9 Å². The maximum Gasteiger partial charge on any atom is 0.331 e. The lowest BCUT2D eigenvalue weighted by atomic mass is 10.0. The SMILES string of the molecule is CC(=O)Nc1ccc(S(=O)(=O)NC2C(=O)N3[C@H]2SC2(C)CC32C(=O)O)cc1. The molecule has 3 unspecified atom stereocenters. The standard InChI is InChI=1S/C16H17N3O6S2/c1-8(20)17-9-3-5-10(6-4-9)27(24,25)18-11-12(21)19-13(11)26-15(2)7-16(15,19)14(22)23/h3-6,11,13,18H,7H2,1-2H3,(H,17,20)(H,22,23)/t11?,13-,15?,16?/m0/s1. The second-order valence-electron chi connectivity index (χ2n) is 7.09. The highest BCUT2D eigenvalue weighted by Crippen LogP contribution is 2.71. The Hall–Kier alpha value is -2.11. The second kappa shape index (κ2) is 5.46. The molecule has 1 aromatic carbocycles. The number of sulfonamides is 1. The fraction of sp³-hybridized carbons (Fsp3) is 0.438. The Balaban J connectivity index is 1.51. The second-order valence-corrected chi connectivity index (χ2v) is 10.4. The average Bonchev–Trinajstić information content (AvgIpc) is 3.11. The first-order chi connectivity index (χ1) is 12.5. The third-order valence-electron chi connectivity index (χ3n) is 5.30. The number of nitrogens with zero attached hydrogens (tertiary/aromatic N) is 1. The molecule has 1 saturated carbocycles. The van der Waals surface area contributed by atoms with Crippen molar-refractivity contribution in [2.75, 3.05) is 5.32 Å². The van der Waals surface area contributed by atoms with E-state index in [9.17, 15) is 27.9 Å². The Morgan fingerprint density at radius 2 is 1.93 bits per heavy atom. The smallest absolute Gasteiger partial charge is 0.331 e. The summed E-state index contributed by atoms with van der Waals surface area (Å²) in [5.74, 6) is -1.85. The Labute approximate surface area is 159 Å². The molecule has 4 rings (SSSR count). The minimum absolute atomic E-state index is 0.0461. The highest BCUT2D eigenvalue weighted by molar-refractivity contribution is 8.02. The Morgan fingerprint density at radius 1 is 1.30 bits per heavy atom. The predicted octanol–water partition coefficient (Wildman–Crippen LogP) is 0.193. The van der Waals surface area contributed by atoms with Crippen LogP contribution in [-0.2, 0) is 24.4 Å². The highest BCUT2D eigenvalue weighted by Gasteiger charge is 2.85. The number of hydrogen-bond donors (Lipinski definition) is 3. The van der Waals surface area contributed by atoms with Crippen LogP contribution in [0.25, 0.3) is 0 Å². The third kappa shape index (κ3) is 2.41. The van der Waals surface area contributed by atoms with Gasteiger partial charge in [-0.1, -0.05) is 0 Å². The Morgan fingerprint density at radius 3 is 2.48 bits per heavy atom. The van der Waals surface area contributed by atoms with Gasteiger partial charge in [0.15, 0.2) is 5.54 Å². The van der Waals surface area contributed by atoms with Crippen LogP contribution in [0.2, 0.25) is 0 Å². The molecular weight excluding hydrogens is 394 g/mol. The molecule has 3 N–H and O–H groups in total. The molecule has 0 aromatic heterocycles. The van der Waals surface area contributed by atoms with Gasteiger partial charge in [-0.3, -0.25) is 9.59 Å². The van der Waals surface area contributed by atoms with Crippen molar-refractivity contribution in [3.05, 3.63) is 24.3 Å². The van der Waals surface area contributed by atoms with Crippen molar-refractivity contribution in [1.82, 2.24) is 9.62 Å². The zero-order valence-corrected chi connectivity index (χ0v) is 16.1. The van der Waals surface area contributed by atoms with E-state index in [0.717, 1.165) is 0 Å². The number of fused-ring (bicyclic) bond motifs is 3. The average molecular weight is 411 g/mol. The molecule has 4 atom stereocenters. The molecule has 0 bridgehead atoms. The van der Waals surface area contributed by atoms with Crippen molar-refractivity contribution in [2.45, 2.75) is 46.9 Å². The van der Waals surface area contributed by atoms with E-state index in [0.29, 0.717) is 12.1 Å². The number of hydrogen-bond acceptors (Lipinski definition) is 6. The third-order valence-corrected chi connectivity index (χ3v) is 8.48. The van der Waals surface area contributed by atoms with Gasteiger partial charge in [0.05, 0.1) is 9.64 Å². The number of aliphatic carboxylic acids is 1. The number of benzene rings is 1. The molecule has 1 aliphatic carbocycles. The predicted molar refractivity (Wildman–Crippen MR) is 96.5 cm³/mol. The van der Waals surface area contributed by atoms with Gasteiger partial charge in [-0.25, -0.2) is 13.2 Å². The lowest BCUT2D eigenvalue weighted by Crippen LogP contribution is -2.71.